The van der Waals surface area contributed by atoms with E-state index in [0.29, 0.717) is 30.2 Å². The second-order valence-electron chi connectivity index (χ2n) is 6.89. The average molecular weight is 409 g/mol. The number of aryl methyl sites for hydroxylation is 1. The second kappa shape index (κ2) is 9.08. The molecule has 3 N–H and O–H groups in total. The van der Waals surface area contributed by atoms with Crippen LogP contribution in [-0.2, 0) is 6.18 Å². The Kier molecular flexibility index (Phi) is 6.53. The van der Waals surface area contributed by atoms with Gasteiger partial charge in [-0.1, -0.05) is 6.07 Å². The van der Waals surface area contributed by atoms with Gasteiger partial charge in [-0.2, -0.15) is 13.2 Å². The van der Waals surface area contributed by atoms with Crippen LogP contribution >= 0.6 is 0 Å². The number of aromatic nitrogens is 2. The van der Waals surface area contributed by atoms with Gasteiger partial charge in [0.15, 0.2) is 11.5 Å². The molecule has 0 radical (unpaired) electrons. The van der Waals surface area contributed by atoms with Crippen LogP contribution in [0.1, 0.15) is 24.1 Å². The number of piperidine rings is 1. The van der Waals surface area contributed by atoms with Crippen LogP contribution in [-0.4, -0.2) is 35.7 Å². The number of carbonyl (C=O) groups excluding carboxylic acids is 1. The number of urea groups is 1. The lowest BCUT2D eigenvalue weighted by Crippen LogP contribution is -2.33. The molecule has 2 amide bonds. The van der Waals surface area contributed by atoms with Gasteiger partial charge in [-0.05, 0) is 44.0 Å². The number of nitrogens with zero attached hydrogens (tertiary/aromatic N) is 2. The number of hydrogen-bond acceptors (Lipinski definition) is 5. The summed E-state index contributed by atoms with van der Waals surface area (Å²) in [5.41, 5.74) is 0.252. The van der Waals surface area contributed by atoms with Gasteiger partial charge >= 0.3 is 12.2 Å². The fourth-order valence-corrected chi connectivity index (χ4v) is 2.95. The number of anilines is 2. The third-order valence-corrected chi connectivity index (χ3v) is 4.44. The van der Waals surface area contributed by atoms with E-state index in [-0.39, 0.29) is 5.82 Å². The lowest BCUT2D eigenvalue weighted by atomic mass is 10.0. The summed E-state index contributed by atoms with van der Waals surface area (Å²) in [4.78, 5) is 19.1. The van der Waals surface area contributed by atoms with Crippen LogP contribution < -0.4 is 20.7 Å². The third kappa shape index (κ3) is 6.05. The Morgan fingerprint density at radius 2 is 2.10 bits per heavy atom. The predicted molar refractivity (Wildman–Crippen MR) is 102 cm³/mol. The topological polar surface area (TPSA) is 88.2 Å². The highest BCUT2D eigenvalue weighted by Gasteiger charge is 2.32. The van der Waals surface area contributed by atoms with E-state index < -0.39 is 17.9 Å². The normalized spacial score (nSPS) is 16.9. The van der Waals surface area contributed by atoms with Crippen molar-refractivity contribution in [1.29, 1.82) is 0 Å². The molecule has 1 aromatic carbocycles. The molecule has 10 heteroatoms. The fourth-order valence-electron chi connectivity index (χ4n) is 2.95. The first-order chi connectivity index (χ1) is 13.8. The zero-order valence-electron chi connectivity index (χ0n) is 15.8. The number of amides is 2. The molecule has 0 saturated carbocycles. The van der Waals surface area contributed by atoms with Gasteiger partial charge in [0.1, 0.15) is 5.75 Å². The van der Waals surface area contributed by atoms with Crippen LogP contribution in [0, 0.1) is 12.8 Å². The van der Waals surface area contributed by atoms with Crippen molar-refractivity contribution < 1.29 is 22.7 Å². The van der Waals surface area contributed by atoms with Gasteiger partial charge in [0.05, 0.1) is 24.7 Å². The number of alkyl halides is 3. The van der Waals surface area contributed by atoms with Gasteiger partial charge in [-0.3, -0.25) is 5.32 Å². The van der Waals surface area contributed by atoms with E-state index in [1.54, 1.807) is 12.1 Å². The molecule has 1 aliphatic heterocycles. The summed E-state index contributed by atoms with van der Waals surface area (Å²) in [5.74, 6) is 0.822. The lowest BCUT2D eigenvalue weighted by molar-refractivity contribution is -0.141. The summed E-state index contributed by atoms with van der Waals surface area (Å²) >= 11 is 0. The van der Waals surface area contributed by atoms with Crippen molar-refractivity contribution in [3.63, 3.8) is 0 Å². The standard InChI is InChI=1S/C19H22F3N5O2/c1-12-4-5-15(29-11-13-3-2-6-23-8-13)14(7-12)26-18(28)27-17-10-24-16(9-25-17)19(20,21)22/h4-5,7,9-10,13,23H,2-3,6,8,11H2,1H3,(H2,25,26,27,28). The molecule has 0 spiro atoms. The number of hydrogen-bond donors (Lipinski definition) is 3. The van der Waals surface area contributed by atoms with Crippen LogP contribution in [0.5, 0.6) is 5.75 Å². The smallest absolute Gasteiger partial charge is 0.434 e. The van der Waals surface area contributed by atoms with Crippen LogP contribution in [0.2, 0.25) is 0 Å². The van der Waals surface area contributed by atoms with Crippen molar-refractivity contribution >= 4 is 17.5 Å². The van der Waals surface area contributed by atoms with E-state index in [2.05, 4.69) is 25.9 Å². The largest absolute Gasteiger partial charge is 0.491 e. The highest BCUT2D eigenvalue weighted by molar-refractivity contribution is 6.00. The van der Waals surface area contributed by atoms with Gasteiger partial charge < -0.3 is 15.4 Å². The van der Waals surface area contributed by atoms with E-state index in [1.807, 2.05) is 13.0 Å². The maximum Gasteiger partial charge on any atom is 0.434 e. The number of rotatable bonds is 5. The van der Waals surface area contributed by atoms with Crippen molar-refractivity contribution in [2.24, 2.45) is 5.92 Å². The number of halogens is 3. The van der Waals surface area contributed by atoms with Crippen molar-refractivity contribution in [1.82, 2.24) is 15.3 Å². The molecule has 0 aliphatic carbocycles. The van der Waals surface area contributed by atoms with E-state index in [4.69, 9.17) is 4.74 Å². The third-order valence-electron chi connectivity index (χ3n) is 4.44. The van der Waals surface area contributed by atoms with Gasteiger partial charge in [0.25, 0.3) is 0 Å². The Bertz CT molecular complexity index is 837. The van der Waals surface area contributed by atoms with Crippen LogP contribution in [0.4, 0.5) is 29.5 Å². The maximum atomic E-state index is 12.5. The fraction of sp³-hybridized carbons (Fsp3) is 0.421. The molecule has 1 saturated heterocycles. The zero-order valence-corrected chi connectivity index (χ0v) is 15.8. The Morgan fingerprint density at radius 1 is 1.28 bits per heavy atom. The first-order valence-electron chi connectivity index (χ1n) is 9.22. The SMILES string of the molecule is Cc1ccc(OCC2CCCNC2)c(NC(=O)Nc2cnc(C(F)(F)F)cn2)c1. The minimum atomic E-state index is -4.59. The number of nitrogens with one attached hydrogen (secondary N) is 3. The molecule has 2 heterocycles. The molecule has 2 aromatic rings. The molecular formula is C19H22F3N5O2. The van der Waals surface area contributed by atoms with Crippen molar-refractivity contribution in [2.45, 2.75) is 25.9 Å². The van der Waals surface area contributed by atoms with Gasteiger partial charge in [0, 0.05) is 12.5 Å². The Hall–Kier alpha value is -2.88. The lowest BCUT2D eigenvalue weighted by Gasteiger charge is -2.23. The molecular weight excluding hydrogens is 387 g/mol. The van der Waals surface area contributed by atoms with Crippen molar-refractivity contribution in [3.8, 4) is 5.75 Å². The quantitative estimate of drug-likeness (QED) is 0.699. The zero-order chi connectivity index (χ0) is 20.9. The Balaban J connectivity index is 1.62. The summed E-state index contributed by atoms with van der Waals surface area (Å²) in [5, 5.41) is 8.34. The summed E-state index contributed by atoms with van der Waals surface area (Å²) < 4.78 is 43.5. The van der Waals surface area contributed by atoms with Gasteiger partial charge in [-0.25, -0.2) is 14.8 Å². The van der Waals surface area contributed by atoms with Crippen LogP contribution in [0.3, 0.4) is 0 Å². The molecule has 3 rings (SSSR count). The summed E-state index contributed by atoms with van der Waals surface area (Å²) in [6.45, 7) is 4.30. The first kappa shape index (κ1) is 20.8. The van der Waals surface area contributed by atoms with Crippen LogP contribution in [0.25, 0.3) is 0 Å². The molecule has 156 valence electrons. The maximum absolute atomic E-state index is 12.5. The number of benzene rings is 1. The Labute approximate surface area is 166 Å². The van der Waals surface area contributed by atoms with E-state index in [9.17, 15) is 18.0 Å². The van der Waals surface area contributed by atoms with Crippen molar-refractivity contribution in [3.05, 3.63) is 41.9 Å². The summed E-state index contributed by atoms with van der Waals surface area (Å²) in [6, 6.07) is 4.75. The van der Waals surface area contributed by atoms with E-state index in [1.165, 1.54) is 0 Å². The highest BCUT2D eigenvalue weighted by atomic mass is 19.4. The minimum absolute atomic E-state index is 0.0982. The Morgan fingerprint density at radius 3 is 2.76 bits per heavy atom. The molecule has 29 heavy (non-hydrogen) atoms. The number of carbonyl (C=O) groups is 1. The molecule has 7 nitrogen and oxygen atoms in total. The second-order valence-corrected chi connectivity index (χ2v) is 6.89. The molecule has 1 aliphatic rings. The molecule has 0 bridgehead atoms. The minimum Gasteiger partial charge on any atom is -0.491 e. The average Bonchev–Trinajstić information content (AvgIpc) is 2.68. The molecule has 1 unspecified atom stereocenters. The molecule has 1 aromatic heterocycles. The van der Waals surface area contributed by atoms with Crippen molar-refractivity contribution in [2.75, 3.05) is 30.3 Å². The highest BCUT2D eigenvalue weighted by Crippen LogP contribution is 2.28. The van der Waals surface area contributed by atoms with Gasteiger partial charge in [0.2, 0.25) is 0 Å². The summed E-state index contributed by atoms with van der Waals surface area (Å²) in [6.07, 6.45) is -0.991. The monoisotopic (exact) mass is 409 g/mol. The van der Waals surface area contributed by atoms with E-state index in [0.717, 1.165) is 37.7 Å². The first-order valence-corrected chi connectivity index (χ1v) is 9.22. The molecule has 1 atom stereocenters. The number of ether oxygens (including phenoxy) is 1. The van der Waals surface area contributed by atoms with Gasteiger partial charge in [-0.15, -0.1) is 0 Å². The molecule has 1 fully saturated rings. The van der Waals surface area contributed by atoms with Crippen LogP contribution in [0.15, 0.2) is 30.6 Å². The van der Waals surface area contributed by atoms with E-state index >= 15 is 0 Å². The predicted octanol–water partition coefficient (Wildman–Crippen LogP) is 3.83. The summed E-state index contributed by atoms with van der Waals surface area (Å²) in [7, 11) is 0.